The number of aromatic nitrogens is 1. The number of anilines is 1. The topological polar surface area (TPSA) is 94.8 Å². The number of pyridine rings is 1. The highest BCUT2D eigenvalue weighted by Gasteiger charge is 2.33. The second-order valence-electron chi connectivity index (χ2n) is 6.97. The number of thioether (sulfide) groups is 1. The first-order valence-electron chi connectivity index (χ1n) is 10.0. The van der Waals surface area contributed by atoms with Crippen LogP contribution in [0.3, 0.4) is 0 Å². The highest BCUT2D eigenvalue weighted by Crippen LogP contribution is 2.39. The number of ether oxygens (including phenoxy) is 2. The Morgan fingerprint density at radius 2 is 2.03 bits per heavy atom. The second-order valence-corrected chi connectivity index (χ2v) is 9.91. The Bertz CT molecular complexity index is 1370. The van der Waals surface area contributed by atoms with Crippen LogP contribution in [0.2, 0.25) is 5.02 Å². The molecule has 3 aromatic rings. The first kappa shape index (κ1) is 25.1. The van der Waals surface area contributed by atoms with E-state index in [4.69, 9.17) is 33.3 Å². The predicted molar refractivity (Wildman–Crippen MR) is 143 cm³/mol. The van der Waals surface area contributed by atoms with E-state index in [1.807, 2.05) is 6.92 Å². The standard InChI is InChI=1S/C23H15BrClN3O5S2/c1-2-32-19-9-13(3-7-18(19)33-21-8-5-15(12-26-21)28(30)31)10-20-22(29)27(23(34)35-20)14-4-6-16(24)17(25)11-14/h3-12H,2H2,1H3/b20-10-. The molecule has 0 N–H and O–H groups in total. The van der Waals surface area contributed by atoms with Crippen molar-refractivity contribution in [1.82, 2.24) is 4.98 Å². The first-order chi connectivity index (χ1) is 16.8. The summed E-state index contributed by atoms with van der Waals surface area (Å²) in [5.41, 5.74) is 1.14. The van der Waals surface area contributed by atoms with Gasteiger partial charge in [-0.1, -0.05) is 41.6 Å². The summed E-state index contributed by atoms with van der Waals surface area (Å²) in [6.07, 6.45) is 2.83. The summed E-state index contributed by atoms with van der Waals surface area (Å²) in [5.74, 6) is 0.726. The Hall–Kier alpha value is -2.99. The van der Waals surface area contributed by atoms with Gasteiger partial charge in [0, 0.05) is 16.6 Å². The van der Waals surface area contributed by atoms with Gasteiger partial charge in [0.1, 0.15) is 6.20 Å². The molecule has 1 saturated heterocycles. The third kappa shape index (κ3) is 5.64. The molecule has 8 nitrogen and oxygen atoms in total. The van der Waals surface area contributed by atoms with Gasteiger partial charge in [-0.25, -0.2) is 4.98 Å². The smallest absolute Gasteiger partial charge is 0.287 e. The molecule has 0 aliphatic carbocycles. The Kier molecular flexibility index (Phi) is 7.70. The van der Waals surface area contributed by atoms with Crippen molar-refractivity contribution in [3.05, 3.63) is 84.8 Å². The third-order valence-corrected chi connectivity index (χ3v) is 7.20. The molecule has 35 heavy (non-hydrogen) atoms. The molecule has 0 radical (unpaired) electrons. The number of nitro groups is 1. The lowest BCUT2D eigenvalue weighted by atomic mass is 10.1. The molecule has 1 aliphatic rings. The molecule has 2 heterocycles. The fraction of sp³-hybridized carbons (Fsp3) is 0.0870. The average Bonchev–Trinajstić information content (AvgIpc) is 3.10. The Labute approximate surface area is 223 Å². The van der Waals surface area contributed by atoms with Crippen molar-refractivity contribution < 1.29 is 19.2 Å². The minimum absolute atomic E-state index is 0.138. The van der Waals surface area contributed by atoms with Crippen LogP contribution < -0.4 is 14.4 Å². The van der Waals surface area contributed by atoms with Crippen LogP contribution in [-0.2, 0) is 4.79 Å². The quantitative estimate of drug-likeness (QED) is 0.125. The third-order valence-electron chi connectivity index (χ3n) is 4.67. The molecule has 1 fully saturated rings. The molecule has 2 aromatic carbocycles. The van der Waals surface area contributed by atoms with E-state index < -0.39 is 4.92 Å². The first-order valence-corrected chi connectivity index (χ1v) is 12.4. The van der Waals surface area contributed by atoms with Gasteiger partial charge in [0.2, 0.25) is 5.88 Å². The molecule has 0 unspecified atom stereocenters. The summed E-state index contributed by atoms with van der Waals surface area (Å²) in [4.78, 5) is 29.2. The van der Waals surface area contributed by atoms with Gasteiger partial charge >= 0.3 is 0 Å². The maximum Gasteiger partial charge on any atom is 0.287 e. The van der Waals surface area contributed by atoms with Crippen LogP contribution in [0.25, 0.3) is 6.08 Å². The van der Waals surface area contributed by atoms with Crippen molar-refractivity contribution in [3.63, 3.8) is 0 Å². The zero-order valence-corrected chi connectivity index (χ0v) is 21.9. The molecule has 1 aromatic heterocycles. The number of carbonyl (C=O) groups excluding carboxylic acids is 1. The SMILES string of the molecule is CCOc1cc(/C=C2\SC(=S)N(c3ccc(Br)c(Cl)c3)C2=O)ccc1Oc1ccc([N+](=O)[O-])cn1. The van der Waals surface area contributed by atoms with Crippen LogP contribution in [0.1, 0.15) is 12.5 Å². The minimum atomic E-state index is -0.537. The van der Waals surface area contributed by atoms with Crippen LogP contribution in [0.15, 0.2) is 64.1 Å². The van der Waals surface area contributed by atoms with Crippen LogP contribution in [0.5, 0.6) is 17.4 Å². The van der Waals surface area contributed by atoms with Crippen molar-refractivity contribution in [2.45, 2.75) is 6.92 Å². The minimum Gasteiger partial charge on any atom is -0.490 e. The Morgan fingerprint density at radius 3 is 2.69 bits per heavy atom. The lowest BCUT2D eigenvalue weighted by molar-refractivity contribution is -0.385. The zero-order chi connectivity index (χ0) is 25.1. The van der Waals surface area contributed by atoms with Gasteiger partial charge in [-0.15, -0.1) is 0 Å². The number of hydrogen-bond donors (Lipinski definition) is 0. The van der Waals surface area contributed by atoms with Crippen LogP contribution in [-0.4, -0.2) is 26.7 Å². The van der Waals surface area contributed by atoms with E-state index in [0.717, 1.165) is 10.7 Å². The maximum absolute atomic E-state index is 13.1. The summed E-state index contributed by atoms with van der Waals surface area (Å²) in [6, 6.07) is 13.1. The van der Waals surface area contributed by atoms with Crippen molar-refractivity contribution in [2.75, 3.05) is 11.5 Å². The second kappa shape index (κ2) is 10.7. The highest BCUT2D eigenvalue weighted by atomic mass is 79.9. The van der Waals surface area contributed by atoms with Gasteiger partial charge in [-0.05, 0) is 64.8 Å². The number of benzene rings is 2. The molecule has 12 heteroatoms. The van der Waals surface area contributed by atoms with Crippen molar-refractivity contribution >= 4 is 79.2 Å². The Balaban J connectivity index is 1.59. The van der Waals surface area contributed by atoms with Gasteiger partial charge in [-0.2, -0.15) is 0 Å². The number of nitrogens with zero attached hydrogens (tertiary/aromatic N) is 3. The van der Waals surface area contributed by atoms with E-state index in [1.165, 1.54) is 28.8 Å². The molecule has 0 spiro atoms. The van der Waals surface area contributed by atoms with Crippen molar-refractivity contribution in [1.29, 1.82) is 0 Å². The molecule has 178 valence electrons. The van der Waals surface area contributed by atoms with E-state index >= 15 is 0 Å². The number of thiocarbonyl (C=S) groups is 1. The maximum atomic E-state index is 13.1. The number of halogens is 2. The summed E-state index contributed by atoms with van der Waals surface area (Å²) >= 11 is 16.1. The Morgan fingerprint density at radius 1 is 1.23 bits per heavy atom. The van der Waals surface area contributed by atoms with Gasteiger partial charge in [0.05, 0.1) is 27.1 Å². The lowest BCUT2D eigenvalue weighted by Gasteiger charge is -2.15. The number of carbonyl (C=O) groups is 1. The summed E-state index contributed by atoms with van der Waals surface area (Å²) in [5, 5.41) is 11.3. The molecule has 0 bridgehead atoms. The average molecular weight is 593 g/mol. The number of hydrogen-bond acceptors (Lipinski definition) is 8. The van der Waals surface area contributed by atoms with E-state index in [9.17, 15) is 14.9 Å². The van der Waals surface area contributed by atoms with Crippen LogP contribution in [0, 0.1) is 10.1 Å². The number of rotatable bonds is 7. The van der Waals surface area contributed by atoms with Crippen LogP contribution in [0.4, 0.5) is 11.4 Å². The normalized spacial score (nSPS) is 14.5. The fourth-order valence-corrected chi connectivity index (χ4v) is 4.81. The molecular weight excluding hydrogens is 578 g/mol. The van der Waals surface area contributed by atoms with Gasteiger partial charge in [0.15, 0.2) is 15.8 Å². The molecule has 4 rings (SSSR count). The van der Waals surface area contributed by atoms with E-state index in [-0.39, 0.29) is 17.5 Å². The van der Waals surface area contributed by atoms with Crippen molar-refractivity contribution in [3.8, 4) is 17.4 Å². The number of amides is 1. The molecule has 0 atom stereocenters. The summed E-state index contributed by atoms with van der Waals surface area (Å²) in [6.45, 7) is 2.20. The predicted octanol–water partition coefficient (Wildman–Crippen LogP) is 7.00. The summed E-state index contributed by atoms with van der Waals surface area (Å²) < 4.78 is 12.6. The van der Waals surface area contributed by atoms with E-state index in [2.05, 4.69) is 20.9 Å². The van der Waals surface area contributed by atoms with Crippen LogP contribution >= 0.6 is 51.5 Å². The van der Waals surface area contributed by atoms with E-state index in [0.29, 0.717) is 43.6 Å². The fourth-order valence-electron chi connectivity index (χ4n) is 3.09. The van der Waals surface area contributed by atoms with Gasteiger partial charge in [-0.3, -0.25) is 19.8 Å². The molecule has 1 aliphatic heterocycles. The van der Waals surface area contributed by atoms with Crippen molar-refractivity contribution in [2.24, 2.45) is 0 Å². The van der Waals surface area contributed by atoms with Gasteiger partial charge < -0.3 is 9.47 Å². The van der Waals surface area contributed by atoms with Gasteiger partial charge in [0.25, 0.3) is 11.6 Å². The molecule has 1 amide bonds. The lowest BCUT2D eigenvalue weighted by Crippen LogP contribution is -2.27. The molecular formula is C23H15BrClN3O5S2. The summed E-state index contributed by atoms with van der Waals surface area (Å²) in [7, 11) is 0. The van der Waals surface area contributed by atoms with E-state index in [1.54, 1.807) is 42.5 Å². The largest absolute Gasteiger partial charge is 0.490 e. The zero-order valence-electron chi connectivity index (χ0n) is 17.9. The highest BCUT2D eigenvalue weighted by molar-refractivity contribution is 9.10. The monoisotopic (exact) mass is 591 g/mol. The molecule has 0 saturated carbocycles.